The first-order chi connectivity index (χ1) is 12.5. The number of aliphatic hydroxyl groups is 1. The Morgan fingerprint density at radius 2 is 2.19 bits per heavy atom. The average molecular weight is 356 g/mol. The maximum atomic E-state index is 13.1. The predicted octanol–water partition coefficient (Wildman–Crippen LogP) is -0.730. The Balaban J connectivity index is 1.38. The number of fused-ring (bicyclic) bond motifs is 1. The maximum absolute atomic E-state index is 13.1. The third-order valence-corrected chi connectivity index (χ3v) is 5.83. The highest BCUT2D eigenvalue weighted by molar-refractivity contribution is 5.93. The van der Waals surface area contributed by atoms with Crippen LogP contribution in [0.5, 0.6) is 0 Å². The molecule has 4 aliphatic heterocycles. The summed E-state index contributed by atoms with van der Waals surface area (Å²) < 4.78 is 6.10. The number of aliphatic hydroxyl groups excluding tert-OH is 1. The second-order valence-electron chi connectivity index (χ2n) is 7.64. The number of rotatable bonds is 3. The second-order valence-corrected chi connectivity index (χ2v) is 7.64. The van der Waals surface area contributed by atoms with Gasteiger partial charge in [-0.15, -0.1) is 0 Å². The van der Waals surface area contributed by atoms with Crippen LogP contribution in [0.2, 0.25) is 0 Å². The molecule has 1 aromatic rings. The summed E-state index contributed by atoms with van der Waals surface area (Å²) in [6, 6.07) is 0. The Morgan fingerprint density at radius 3 is 2.88 bits per heavy atom. The summed E-state index contributed by atoms with van der Waals surface area (Å²) in [5, 5.41) is 9.48. The molecule has 0 aromatic carbocycles. The van der Waals surface area contributed by atoms with Gasteiger partial charge in [-0.3, -0.25) is 19.6 Å². The van der Waals surface area contributed by atoms with Crippen molar-refractivity contribution in [2.75, 3.05) is 19.6 Å². The highest BCUT2D eigenvalue weighted by Gasteiger charge is 2.67. The molecule has 0 radical (unpaired) electrons. The molecule has 1 N–H and O–H groups in total. The number of likely N-dealkylation sites (tertiary alicyclic amines) is 2. The molecule has 2 bridgehead atoms. The summed E-state index contributed by atoms with van der Waals surface area (Å²) in [5.74, 6) is -1.17. The van der Waals surface area contributed by atoms with Crippen molar-refractivity contribution in [3.05, 3.63) is 35.9 Å². The van der Waals surface area contributed by atoms with E-state index in [4.69, 9.17) is 4.74 Å². The van der Waals surface area contributed by atoms with Gasteiger partial charge in [0, 0.05) is 19.3 Å². The molecule has 2 amide bonds. The Labute approximate surface area is 150 Å². The molecule has 0 aliphatic carbocycles. The quantitative estimate of drug-likeness (QED) is 0.718. The van der Waals surface area contributed by atoms with Crippen molar-refractivity contribution in [2.24, 2.45) is 11.8 Å². The largest absolute Gasteiger partial charge is 0.389 e. The fraction of sp³-hybridized carbons (Fsp3) is 0.556. The summed E-state index contributed by atoms with van der Waals surface area (Å²) in [7, 11) is 0. The van der Waals surface area contributed by atoms with E-state index < -0.39 is 23.5 Å². The molecule has 1 aromatic heterocycles. The molecule has 2 unspecified atom stereocenters. The monoisotopic (exact) mass is 356 g/mol. The van der Waals surface area contributed by atoms with Crippen molar-refractivity contribution in [1.29, 1.82) is 0 Å². The third-order valence-electron chi connectivity index (χ3n) is 5.83. The zero-order valence-corrected chi connectivity index (χ0v) is 14.4. The first-order valence-electron chi connectivity index (χ1n) is 8.87. The number of amides is 2. The topological polar surface area (TPSA) is 95.9 Å². The van der Waals surface area contributed by atoms with Gasteiger partial charge in [0.25, 0.3) is 0 Å². The van der Waals surface area contributed by atoms with Crippen LogP contribution in [0.3, 0.4) is 0 Å². The van der Waals surface area contributed by atoms with E-state index in [2.05, 4.69) is 9.97 Å². The molecule has 136 valence electrons. The normalized spacial score (nSPS) is 35.2. The number of carbonyl (C=O) groups is 2. The molecule has 4 aliphatic rings. The van der Waals surface area contributed by atoms with Crippen LogP contribution in [0.25, 0.3) is 0 Å². The summed E-state index contributed by atoms with van der Waals surface area (Å²) in [4.78, 5) is 37.8. The zero-order chi connectivity index (χ0) is 18.1. The summed E-state index contributed by atoms with van der Waals surface area (Å²) >= 11 is 0. The molecule has 3 saturated heterocycles. The van der Waals surface area contributed by atoms with Crippen LogP contribution in [-0.4, -0.2) is 74.1 Å². The number of hydrogen-bond donors (Lipinski definition) is 1. The van der Waals surface area contributed by atoms with E-state index in [9.17, 15) is 14.7 Å². The smallest absolute Gasteiger partial charge is 0.230 e. The maximum Gasteiger partial charge on any atom is 0.230 e. The predicted molar refractivity (Wildman–Crippen MR) is 88.5 cm³/mol. The average Bonchev–Trinajstić information content (AvgIpc) is 3.22. The molecular weight excluding hydrogens is 336 g/mol. The molecule has 3 fully saturated rings. The molecule has 0 saturated carbocycles. The molecule has 5 heterocycles. The number of hydrogen-bond acceptors (Lipinski definition) is 6. The fourth-order valence-electron chi connectivity index (χ4n) is 4.54. The first kappa shape index (κ1) is 15.9. The van der Waals surface area contributed by atoms with Crippen molar-refractivity contribution in [1.82, 2.24) is 19.8 Å². The minimum Gasteiger partial charge on any atom is -0.389 e. The van der Waals surface area contributed by atoms with Crippen molar-refractivity contribution >= 4 is 11.8 Å². The van der Waals surface area contributed by atoms with E-state index in [-0.39, 0.29) is 17.9 Å². The van der Waals surface area contributed by atoms with E-state index in [1.165, 1.54) is 0 Å². The standard InChI is InChI=1S/C18H20N4O4/c1-10-4-20-11(5-19-10)6-22-9-18-3-2-13(26-18)14(15(18)17(22)25)16(24)21-7-12(23)8-21/h2-5,12-15,23H,6-9H2,1H3/t13-,14?,15?,18-/m1/s1. The SMILES string of the molecule is Cc1cnc(CN2C[C@@]34C=C[C@@H](O3)C(C(=O)N3CC(O)C3)C4C2=O)cn1. The summed E-state index contributed by atoms with van der Waals surface area (Å²) in [6.07, 6.45) is 6.38. The van der Waals surface area contributed by atoms with Gasteiger partial charge in [-0.1, -0.05) is 12.2 Å². The number of aryl methyl sites for hydroxylation is 1. The van der Waals surface area contributed by atoms with Crippen molar-refractivity contribution in [3.63, 3.8) is 0 Å². The molecule has 8 nitrogen and oxygen atoms in total. The van der Waals surface area contributed by atoms with Crippen LogP contribution < -0.4 is 0 Å². The molecule has 5 rings (SSSR count). The van der Waals surface area contributed by atoms with E-state index in [0.717, 1.165) is 5.69 Å². The lowest BCUT2D eigenvalue weighted by Crippen LogP contribution is -2.57. The number of carbonyl (C=O) groups excluding carboxylic acids is 2. The second kappa shape index (κ2) is 5.34. The first-order valence-corrected chi connectivity index (χ1v) is 8.87. The lowest BCUT2D eigenvalue weighted by Gasteiger charge is -2.39. The van der Waals surface area contributed by atoms with Gasteiger partial charge in [0.05, 0.1) is 54.7 Å². The van der Waals surface area contributed by atoms with Crippen molar-refractivity contribution in [2.45, 2.75) is 31.3 Å². The van der Waals surface area contributed by atoms with Gasteiger partial charge >= 0.3 is 0 Å². The van der Waals surface area contributed by atoms with Gasteiger partial charge in [0.1, 0.15) is 5.60 Å². The van der Waals surface area contributed by atoms with E-state index in [1.54, 1.807) is 22.2 Å². The van der Waals surface area contributed by atoms with E-state index in [1.807, 2.05) is 19.1 Å². The van der Waals surface area contributed by atoms with Crippen LogP contribution in [-0.2, 0) is 20.9 Å². The van der Waals surface area contributed by atoms with Gasteiger partial charge in [-0.25, -0.2) is 0 Å². The molecule has 4 atom stereocenters. The van der Waals surface area contributed by atoms with Gasteiger partial charge in [0.2, 0.25) is 11.8 Å². The van der Waals surface area contributed by atoms with E-state index >= 15 is 0 Å². The zero-order valence-electron chi connectivity index (χ0n) is 14.4. The molecule has 8 heteroatoms. The molecule has 1 spiro atoms. The van der Waals surface area contributed by atoms with Crippen LogP contribution in [0, 0.1) is 18.8 Å². The summed E-state index contributed by atoms with van der Waals surface area (Å²) in [5.41, 5.74) is 0.820. The van der Waals surface area contributed by atoms with Crippen LogP contribution in [0.15, 0.2) is 24.5 Å². The lowest BCUT2D eigenvalue weighted by atomic mass is 9.76. The Kier molecular flexibility index (Phi) is 3.27. The van der Waals surface area contributed by atoms with Crippen molar-refractivity contribution in [3.8, 4) is 0 Å². The van der Waals surface area contributed by atoms with Crippen LogP contribution >= 0.6 is 0 Å². The number of β-amino-alcohol motifs (C(OH)–C–C–N with tert-alkyl or cyclic N) is 1. The molecular formula is C18H20N4O4. The Hall–Kier alpha value is -2.32. The highest BCUT2D eigenvalue weighted by Crippen LogP contribution is 2.52. The molecule has 26 heavy (non-hydrogen) atoms. The van der Waals surface area contributed by atoms with Gasteiger partial charge in [-0.2, -0.15) is 0 Å². The van der Waals surface area contributed by atoms with Gasteiger partial charge in [-0.05, 0) is 6.92 Å². The fourth-order valence-corrected chi connectivity index (χ4v) is 4.54. The number of ether oxygens (including phenoxy) is 1. The van der Waals surface area contributed by atoms with Crippen LogP contribution in [0.4, 0.5) is 0 Å². The minimum absolute atomic E-state index is 0.0707. The summed E-state index contributed by atoms with van der Waals surface area (Å²) in [6.45, 7) is 3.31. The lowest BCUT2D eigenvalue weighted by molar-refractivity contribution is -0.151. The van der Waals surface area contributed by atoms with Crippen molar-refractivity contribution < 1.29 is 19.4 Å². The highest BCUT2D eigenvalue weighted by atomic mass is 16.5. The Bertz CT molecular complexity index is 804. The van der Waals surface area contributed by atoms with Gasteiger partial charge in [0.15, 0.2) is 0 Å². The van der Waals surface area contributed by atoms with Crippen LogP contribution in [0.1, 0.15) is 11.4 Å². The number of nitrogens with zero attached hydrogens (tertiary/aromatic N) is 4. The van der Waals surface area contributed by atoms with E-state index in [0.29, 0.717) is 31.9 Å². The third kappa shape index (κ3) is 2.15. The minimum atomic E-state index is -0.719. The Morgan fingerprint density at radius 1 is 1.38 bits per heavy atom. The number of aromatic nitrogens is 2. The van der Waals surface area contributed by atoms with Gasteiger partial charge < -0.3 is 19.6 Å².